The molecule has 2 rings (SSSR count). The van der Waals surface area contributed by atoms with Crippen molar-refractivity contribution in [3.05, 3.63) is 29.6 Å². The molecule has 1 heterocycles. The Morgan fingerprint density at radius 3 is 2.94 bits per heavy atom. The molecular formula is C12H15FN2O2. The SMILES string of the molecule is C[C@H]1CN(c2ccc(C(=O)O)c(F)c2)CCN1. The number of anilines is 1. The highest BCUT2D eigenvalue weighted by atomic mass is 19.1. The van der Waals surface area contributed by atoms with Gasteiger partial charge in [-0.2, -0.15) is 0 Å². The van der Waals surface area contributed by atoms with Gasteiger partial charge < -0.3 is 15.3 Å². The maximum Gasteiger partial charge on any atom is 0.338 e. The number of benzene rings is 1. The monoisotopic (exact) mass is 238 g/mol. The van der Waals surface area contributed by atoms with Crippen LogP contribution in [-0.2, 0) is 0 Å². The van der Waals surface area contributed by atoms with Gasteiger partial charge in [0.1, 0.15) is 5.82 Å². The second-order valence-electron chi connectivity index (χ2n) is 4.27. The second kappa shape index (κ2) is 4.71. The molecule has 5 heteroatoms. The minimum Gasteiger partial charge on any atom is -0.478 e. The molecule has 1 fully saturated rings. The predicted octanol–water partition coefficient (Wildman–Crippen LogP) is 1.32. The molecule has 1 aromatic carbocycles. The summed E-state index contributed by atoms with van der Waals surface area (Å²) < 4.78 is 13.5. The molecule has 0 radical (unpaired) electrons. The first kappa shape index (κ1) is 11.9. The molecule has 92 valence electrons. The van der Waals surface area contributed by atoms with Gasteiger partial charge in [-0.3, -0.25) is 0 Å². The third-order valence-electron chi connectivity index (χ3n) is 2.92. The molecular weight excluding hydrogens is 223 g/mol. The average Bonchev–Trinajstić information content (AvgIpc) is 2.28. The zero-order valence-corrected chi connectivity index (χ0v) is 9.61. The van der Waals surface area contributed by atoms with Gasteiger partial charge in [0.25, 0.3) is 0 Å². The van der Waals surface area contributed by atoms with Gasteiger partial charge in [-0.15, -0.1) is 0 Å². The van der Waals surface area contributed by atoms with Crippen molar-refractivity contribution < 1.29 is 14.3 Å². The Balaban J connectivity index is 2.22. The van der Waals surface area contributed by atoms with E-state index in [0.29, 0.717) is 6.04 Å². The number of halogens is 1. The lowest BCUT2D eigenvalue weighted by atomic mass is 10.1. The van der Waals surface area contributed by atoms with E-state index in [4.69, 9.17) is 5.11 Å². The smallest absolute Gasteiger partial charge is 0.338 e. The van der Waals surface area contributed by atoms with Gasteiger partial charge in [-0.25, -0.2) is 9.18 Å². The third-order valence-corrected chi connectivity index (χ3v) is 2.92. The van der Waals surface area contributed by atoms with Crippen molar-refractivity contribution >= 4 is 11.7 Å². The molecule has 1 aliphatic heterocycles. The molecule has 0 unspecified atom stereocenters. The van der Waals surface area contributed by atoms with Gasteiger partial charge in [0.05, 0.1) is 5.56 Å². The van der Waals surface area contributed by atoms with Gasteiger partial charge in [-0.05, 0) is 25.1 Å². The maximum atomic E-state index is 13.5. The van der Waals surface area contributed by atoms with Gasteiger partial charge >= 0.3 is 5.97 Å². The van der Waals surface area contributed by atoms with Crippen LogP contribution in [0.4, 0.5) is 10.1 Å². The van der Waals surface area contributed by atoms with Crippen LogP contribution in [0.2, 0.25) is 0 Å². The molecule has 1 atom stereocenters. The van der Waals surface area contributed by atoms with Crippen molar-refractivity contribution in [3.63, 3.8) is 0 Å². The number of hydrogen-bond donors (Lipinski definition) is 2. The van der Waals surface area contributed by atoms with Crippen LogP contribution in [0.25, 0.3) is 0 Å². The average molecular weight is 238 g/mol. The Kier molecular flexibility index (Phi) is 3.28. The fraction of sp³-hybridized carbons (Fsp3) is 0.417. The number of aromatic carboxylic acids is 1. The third kappa shape index (κ3) is 2.55. The summed E-state index contributed by atoms with van der Waals surface area (Å²) >= 11 is 0. The normalized spacial score (nSPS) is 20.4. The Hall–Kier alpha value is -1.62. The van der Waals surface area contributed by atoms with Crippen LogP contribution >= 0.6 is 0 Å². The van der Waals surface area contributed by atoms with Gasteiger partial charge in [0.15, 0.2) is 0 Å². The summed E-state index contributed by atoms with van der Waals surface area (Å²) in [6, 6.07) is 4.62. The van der Waals surface area contributed by atoms with Crippen LogP contribution < -0.4 is 10.2 Å². The molecule has 4 nitrogen and oxygen atoms in total. The second-order valence-corrected chi connectivity index (χ2v) is 4.27. The maximum absolute atomic E-state index is 13.5. The number of nitrogens with one attached hydrogen (secondary N) is 1. The summed E-state index contributed by atoms with van der Waals surface area (Å²) in [7, 11) is 0. The summed E-state index contributed by atoms with van der Waals surface area (Å²) in [4.78, 5) is 12.7. The zero-order chi connectivity index (χ0) is 12.4. The lowest BCUT2D eigenvalue weighted by Crippen LogP contribution is -2.49. The quantitative estimate of drug-likeness (QED) is 0.816. The number of carboxylic acid groups (broad SMARTS) is 1. The molecule has 0 spiro atoms. The highest BCUT2D eigenvalue weighted by Crippen LogP contribution is 2.20. The van der Waals surface area contributed by atoms with E-state index in [1.807, 2.05) is 0 Å². The van der Waals surface area contributed by atoms with Crippen LogP contribution in [0.15, 0.2) is 18.2 Å². The van der Waals surface area contributed by atoms with Crippen LogP contribution in [0, 0.1) is 5.82 Å². The van der Waals surface area contributed by atoms with E-state index >= 15 is 0 Å². The van der Waals surface area contributed by atoms with Crippen molar-refractivity contribution in [1.29, 1.82) is 0 Å². The van der Waals surface area contributed by atoms with Gasteiger partial charge in [0.2, 0.25) is 0 Å². The first-order valence-electron chi connectivity index (χ1n) is 5.59. The van der Waals surface area contributed by atoms with E-state index in [2.05, 4.69) is 17.1 Å². The molecule has 0 aliphatic carbocycles. The lowest BCUT2D eigenvalue weighted by molar-refractivity contribution is 0.0692. The molecule has 1 aliphatic rings. The standard InChI is InChI=1S/C12H15FN2O2/c1-8-7-15(5-4-14-8)9-2-3-10(12(16)17)11(13)6-9/h2-3,6,8,14H,4-5,7H2,1H3,(H,16,17)/t8-/m0/s1. The molecule has 0 aromatic heterocycles. The topological polar surface area (TPSA) is 52.6 Å². The van der Waals surface area contributed by atoms with Crippen LogP contribution in [0.1, 0.15) is 17.3 Å². The van der Waals surface area contributed by atoms with Crippen molar-refractivity contribution in [2.24, 2.45) is 0 Å². The summed E-state index contributed by atoms with van der Waals surface area (Å²) in [6.07, 6.45) is 0. The van der Waals surface area contributed by atoms with Gasteiger partial charge in [0, 0.05) is 31.4 Å². The number of piperazine rings is 1. The van der Waals surface area contributed by atoms with Crippen molar-refractivity contribution in [1.82, 2.24) is 5.32 Å². The fourth-order valence-corrected chi connectivity index (χ4v) is 2.04. The lowest BCUT2D eigenvalue weighted by Gasteiger charge is -2.33. The van der Waals surface area contributed by atoms with Crippen LogP contribution in [0.5, 0.6) is 0 Å². The molecule has 1 saturated heterocycles. The number of rotatable bonds is 2. The van der Waals surface area contributed by atoms with E-state index in [9.17, 15) is 9.18 Å². The van der Waals surface area contributed by atoms with E-state index in [0.717, 1.165) is 25.3 Å². The molecule has 0 saturated carbocycles. The van der Waals surface area contributed by atoms with E-state index in [1.54, 1.807) is 6.07 Å². The molecule has 0 bridgehead atoms. The molecule has 17 heavy (non-hydrogen) atoms. The predicted molar refractivity (Wildman–Crippen MR) is 63.0 cm³/mol. The minimum atomic E-state index is -1.23. The number of carbonyl (C=O) groups is 1. The molecule has 2 N–H and O–H groups in total. The van der Waals surface area contributed by atoms with Crippen molar-refractivity contribution in [2.75, 3.05) is 24.5 Å². The van der Waals surface area contributed by atoms with Gasteiger partial charge in [-0.1, -0.05) is 0 Å². The molecule has 0 amide bonds. The Labute approximate surface area is 99.0 Å². The number of carboxylic acids is 1. The summed E-state index contributed by atoms with van der Waals surface area (Å²) in [5.41, 5.74) is 0.456. The Bertz CT molecular complexity index is 437. The largest absolute Gasteiger partial charge is 0.478 e. The first-order chi connectivity index (χ1) is 8.08. The van der Waals surface area contributed by atoms with E-state index in [-0.39, 0.29) is 5.56 Å². The Morgan fingerprint density at radius 2 is 2.35 bits per heavy atom. The summed E-state index contributed by atoms with van der Waals surface area (Å²) in [6.45, 7) is 4.51. The highest BCUT2D eigenvalue weighted by Gasteiger charge is 2.18. The summed E-state index contributed by atoms with van der Waals surface area (Å²) in [5.74, 6) is -1.91. The number of hydrogen-bond acceptors (Lipinski definition) is 3. The summed E-state index contributed by atoms with van der Waals surface area (Å²) in [5, 5.41) is 12.0. The fourth-order valence-electron chi connectivity index (χ4n) is 2.04. The van der Waals surface area contributed by atoms with Crippen LogP contribution in [0.3, 0.4) is 0 Å². The van der Waals surface area contributed by atoms with Crippen LogP contribution in [-0.4, -0.2) is 36.8 Å². The molecule has 1 aromatic rings. The first-order valence-corrected chi connectivity index (χ1v) is 5.59. The van der Waals surface area contributed by atoms with Crippen molar-refractivity contribution in [2.45, 2.75) is 13.0 Å². The van der Waals surface area contributed by atoms with E-state index < -0.39 is 11.8 Å². The highest BCUT2D eigenvalue weighted by molar-refractivity contribution is 5.88. The van der Waals surface area contributed by atoms with E-state index in [1.165, 1.54) is 12.1 Å². The zero-order valence-electron chi connectivity index (χ0n) is 9.61. The number of nitrogens with zero attached hydrogens (tertiary/aromatic N) is 1. The van der Waals surface area contributed by atoms with Crippen molar-refractivity contribution in [3.8, 4) is 0 Å². The minimum absolute atomic E-state index is 0.281. The Morgan fingerprint density at radius 1 is 1.59 bits per heavy atom.